The van der Waals surface area contributed by atoms with Crippen molar-refractivity contribution >= 4 is 11.8 Å². The minimum absolute atomic E-state index is 0.0324. The van der Waals surface area contributed by atoms with Crippen LogP contribution in [-0.2, 0) is 9.47 Å². The van der Waals surface area contributed by atoms with Crippen LogP contribution >= 0.6 is 0 Å². The van der Waals surface area contributed by atoms with Gasteiger partial charge in [0.2, 0.25) is 0 Å². The monoisotopic (exact) mass is 341 g/mol. The highest BCUT2D eigenvalue weighted by Gasteiger charge is 2.53. The average molecular weight is 341 g/mol. The van der Waals surface area contributed by atoms with Crippen LogP contribution in [-0.4, -0.2) is 25.4 Å². The highest BCUT2D eigenvalue weighted by molar-refractivity contribution is 5.84. The number of allylic oxidation sites excluding steroid dienone is 1. The van der Waals surface area contributed by atoms with E-state index in [9.17, 15) is 4.79 Å². The van der Waals surface area contributed by atoms with Gasteiger partial charge in [-0.1, -0.05) is 49.8 Å². The molecule has 3 rings (SSSR count). The zero-order valence-electron chi connectivity index (χ0n) is 15.2. The van der Waals surface area contributed by atoms with Gasteiger partial charge in [0, 0.05) is 17.0 Å². The molecule has 0 aromatic heterocycles. The van der Waals surface area contributed by atoms with Crippen molar-refractivity contribution in [3.8, 4) is 0 Å². The topological polar surface area (TPSA) is 47.6 Å². The SMILES string of the molecule is C=C[C@@H]1OC[C@@]2(COC(=O)Nc3ccccc3)[C@H](C)C=C(C)[C@H]1[C@H]2C. The van der Waals surface area contributed by atoms with Gasteiger partial charge in [-0.25, -0.2) is 4.79 Å². The number of ether oxygens (including phenoxy) is 2. The lowest BCUT2D eigenvalue weighted by Gasteiger charge is -2.54. The molecule has 1 aromatic carbocycles. The molecule has 1 heterocycles. The van der Waals surface area contributed by atoms with Crippen molar-refractivity contribution in [1.82, 2.24) is 0 Å². The summed E-state index contributed by atoms with van der Waals surface area (Å²) in [7, 11) is 0. The zero-order chi connectivity index (χ0) is 18.0. The maximum atomic E-state index is 12.2. The van der Waals surface area contributed by atoms with Crippen LogP contribution in [0, 0.1) is 23.2 Å². The number of carbonyl (C=O) groups is 1. The van der Waals surface area contributed by atoms with Crippen LogP contribution in [0.1, 0.15) is 20.8 Å². The van der Waals surface area contributed by atoms with E-state index in [1.54, 1.807) is 0 Å². The van der Waals surface area contributed by atoms with Gasteiger partial charge in [-0.3, -0.25) is 5.32 Å². The summed E-state index contributed by atoms with van der Waals surface area (Å²) in [6.45, 7) is 11.4. The number of amides is 1. The molecule has 2 bridgehead atoms. The standard InChI is InChI=1S/C21H27NO3/c1-5-18-19-14(2)11-15(3)21(12-24-18,16(19)4)13-25-20(23)22-17-9-7-6-8-10-17/h5-11,15-16,18-19H,1,12-13H2,2-4H3,(H,22,23)/t15-,16-,18+,19+,21-/m1/s1. The van der Waals surface area contributed by atoms with Crippen molar-refractivity contribution in [3.63, 3.8) is 0 Å². The first-order valence-corrected chi connectivity index (χ1v) is 8.89. The summed E-state index contributed by atoms with van der Waals surface area (Å²) >= 11 is 0. The maximum absolute atomic E-state index is 12.2. The van der Waals surface area contributed by atoms with Crippen LogP contribution < -0.4 is 5.32 Å². The van der Waals surface area contributed by atoms with Crippen molar-refractivity contribution < 1.29 is 14.3 Å². The number of fused-ring (bicyclic) bond motifs is 2. The van der Waals surface area contributed by atoms with Crippen LogP contribution in [0.2, 0.25) is 0 Å². The quantitative estimate of drug-likeness (QED) is 0.811. The lowest BCUT2D eigenvalue weighted by Crippen LogP contribution is -2.56. The van der Waals surface area contributed by atoms with Crippen molar-refractivity contribution in [2.45, 2.75) is 26.9 Å². The first kappa shape index (κ1) is 17.7. The molecule has 1 N–H and O–H groups in total. The molecule has 0 saturated carbocycles. The van der Waals surface area contributed by atoms with Gasteiger partial charge in [0.15, 0.2) is 0 Å². The molecule has 1 amide bonds. The number of hydrogen-bond donors (Lipinski definition) is 1. The Labute approximate surface area is 149 Å². The molecule has 134 valence electrons. The highest BCUT2D eigenvalue weighted by Crippen LogP contribution is 2.52. The van der Waals surface area contributed by atoms with E-state index in [1.807, 2.05) is 36.4 Å². The number of para-hydroxylation sites is 1. The first-order chi connectivity index (χ1) is 12.0. The van der Waals surface area contributed by atoms with E-state index >= 15 is 0 Å². The molecule has 2 aliphatic rings. The summed E-state index contributed by atoms with van der Waals surface area (Å²) in [6.07, 6.45) is 3.81. The molecule has 5 atom stereocenters. The highest BCUT2D eigenvalue weighted by atomic mass is 16.6. The third-order valence-corrected chi connectivity index (χ3v) is 6.01. The lowest BCUT2D eigenvalue weighted by molar-refractivity contribution is -0.148. The predicted octanol–water partition coefficient (Wildman–Crippen LogP) is 4.65. The number of nitrogens with one attached hydrogen (secondary N) is 1. The van der Waals surface area contributed by atoms with Crippen molar-refractivity contribution in [2.75, 3.05) is 18.5 Å². The van der Waals surface area contributed by atoms with Crippen LogP contribution in [0.3, 0.4) is 0 Å². The normalized spacial score (nSPS) is 34.0. The fourth-order valence-corrected chi connectivity index (χ4v) is 4.39. The summed E-state index contributed by atoms with van der Waals surface area (Å²) < 4.78 is 11.7. The minimum Gasteiger partial charge on any atom is -0.449 e. The fourth-order valence-electron chi connectivity index (χ4n) is 4.39. The van der Waals surface area contributed by atoms with Gasteiger partial charge in [0.25, 0.3) is 0 Å². The lowest BCUT2D eigenvalue weighted by atomic mass is 9.56. The smallest absolute Gasteiger partial charge is 0.411 e. The molecule has 1 fully saturated rings. The van der Waals surface area contributed by atoms with Crippen LogP contribution in [0.15, 0.2) is 54.6 Å². The Morgan fingerprint density at radius 2 is 2.12 bits per heavy atom. The molecule has 0 unspecified atom stereocenters. The second-order valence-electron chi connectivity index (χ2n) is 7.33. The molecule has 1 saturated heterocycles. The Morgan fingerprint density at radius 3 is 2.80 bits per heavy atom. The zero-order valence-corrected chi connectivity index (χ0v) is 15.2. The maximum Gasteiger partial charge on any atom is 0.411 e. The molecule has 1 aliphatic carbocycles. The van der Waals surface area contributed by atoms with Gasteiger partial charge in [-0.05, 0) is 30.9 Å². The van der Waals surface area contributed by atoms with Crippen molar-refractivity contribution in [1.29, 1.82) is 0 Å². The Hall–Kier alpha value is -2.07. The van der Waals surface area contributed by atoms with Gasteiger partial charge in [0.05, 0.1) is 12.7 Å². The number of benzene rings is 1. The van der Waals surface area contributed by atoms with Crippen LogP contribution in [0.5, 0.6) is 0 Å². The van der Waals surface area contributed by atoms with Crippen LogP contribution in [0.4, 0.5) is 10.5 Å². The third kappa shape index (κ3) is 3.23. The van der Waals surface area contributed by atoms with E-state index in [2.05, 4.69) is 38.7 Å². The second-order valence-corrected chi connectivity index (χ2v) is 7.33. The molecule has 1 aromatic rings. The molecule has 0 spiro atoms. The molecule has 0 radical (unpaired) electrons. The van der Waals surface area contributed by atoms with Gasteiger partial charge in [0.1, 0.15) is 6.61 Å². The Balaban J connectivity index is 1.72. The number of rotatable bonds is 4. The summed E-state index contributed by atoms with van der Waals surface area (Å²) in [5.41, 5.74) is 1.88. The Morgan fingerprint density at radius 1 is 1.40 bits per heavy atom. The van der Waals surface area contributed by atoms with E-state index in [1.165, 1.54) is 5.57 Å². The summed E-state index contributed by atoms with van der Waals surface area (Å²) in [6, 6.07) is 9.34. The number of carbonyl (C=O) groups excluding carboxylic acids is 1. The molecule has 1 aliphatic heterocycles. The van der Waals surface area contributed by atoms with E-state index in [0.29, 0.717) is 25.0 Å². The van der Waals surface area contributed by atoms with Crippen LogP contribution in [0.25, 0.3) is 0 Å². The second kappa shape index (κ2) is 7.04. The Bertz CT molecular complexity index is 669. The van der Waals surface area contributed by atoms with Gasteiger partial charge in [-0.2, -0.15) is 0 Å². The van der Waals surface area contributed by atoms with E-state index in [0.717, 1.165) is 5.69 Å². The molecular weight excluding hydrogens is 314 g/mol. The average Bonchev–Trinajstić information content (AvgIpc) is 2.59. The molecule has 4 heteroatoms. The number of anilines is 1. The summed E-state index contributed by atoms with van der Waals surface area (Å²) in [4.78, 5) is 12.2. The fraction of sp³-hybridized carbons (Fsp3) is 0.476. The molecular formula is C21H27NO3. The first-order valence-electron chi connectivity index (χ1n) is 8.89. The van der Waals surface area contributed by atoms with Gasteiger partial charge >= 0.3 is 6.09 Å². The van der Waals surface area contributed by atoms with E-state index in [4.69, 9.17) is 9.47 Å². The largest absolute Gasteiger partial charge is 0.449 e. The summed E-state index contributed by atoms with van der Waals surface area (Å²) in [5, 5.41) is 2.78. The van der Waals surface area contributed by atoms with Gasteiger partial charge in [-0.15, -0.1) is 6.58 Å². The minimum atomic E-state index is -0.423. The summed E-state index contributed by atoms with van der Waals surface area (Å²) in [5.74, 6) is 0.936. The molecule has 4 nitrogen and oxygen atoms in total. The van der Waals surface area contributed by atoms with Gasteiger partial charge < -0.3 is 9.47 Å². The van der Waals surface area contributed by atoms with E-state index < -0.39 is 6.09 Å². The van der Waals surface area contributed by atoms with E-state index in [-0.39, 0.29) is 17.4 Å². The predicted molar refractivity (Wildman–Crippen MR) is 99.4 cm³/mol. The van der Waals surface area contributed by atoms with Crippen molar-refractivity contribution in [3.05, 3.63) is 54.6 Å². The Kier molecular flexibility index (Phi) is 5.00. The van der Waals surface area contributed by atoms with Crippen molar-refractivity contribution in [2.24, 2.45) is 23.2 Å². The number of hydrogen-bond acceptors (Lipinski definition) is 3. The third-order valence-electron chi connectivity index (χ3n) is 6.01. The molecule has 25 heavy (non-hydrogen) atoms.